The average molecular weight is 340 g/mol. The Bertz CT molecular complexity index is 651. The lowest BCUT2D eigenvalue weighted by atomic mass is 9.89. The van der Waals surface area contributed by atoms with Gasteiger partial charge >= 0.3 is 5.97 Å². The fourth-order valence-electron chi connectivity index (χ4n) is 3.40. The zero-order valence-corrected chi connectivity index (χ0v) is 14.7. The van der Waals surface area contributed by atoms with Crippen molar-refractivity contribution in [2.24, 2.45) is 5.92 Å². The number of rotatable bonds is 6. The van der Waals surface area contributed by atoms with Crippen LogP contribution in [0.5, 0.6) is 0 Å². The molecule has 0 heterocycles. The van der Waals surface area contributed by atoms with E-state index in [1.807, 2.05) is 17.8 Å². The molecule has 1 aliphatic rings. The summed E-state index contributed by atoms with van der Waals surface area (Å²) in [6.07, 6.45) is 5.14. The van der Waals surface area contributed by atoms with Crippen molar-refractivity contribution < 1.29 is 9.90 Å². The van der Waals surface area contributed by atoms with Crippen LogP contribution in [0.15, 0.2) is 54.6 Å². The maximum atomic E-state index is 11.4. The molecule has 0 unspecified atom stereocenters. The number of hydrogen-bond donors (Lipinski definition) is 1. The summed E-state index contributed by atoms with van der Waals surface area (Å²) in [5.41, 5.74) is 3.81. The maximum Gasteiger partial charge on any atom is 0.307 e. The van der Waals surface area contributed by atoms with Crippen LogP contribution < -0.4 is 0 Å². The van der Waals surface area contributed by atoms with Crippen LogP contribution in [0.2, 0.25) is 0 Å². The molecule has 126 valence electrons. The van der Waals surface area contributed by atoms with Crippen LogP contribution in [-0.2, 0) is 11.2 Å². The van der Waals surface area contributed by atoms with Gasteiger partial charge in [-0.05, 0) is 41.7 Å². The molecule has 0 aliphatic heterocycles. The quantitative estimate of drug-likeness (QED) is 0.778. The number of hydrogen-bond acceptors (Lipinski definition) is 2. The maximum absolute atomic E-state index is 11.4. The Kier molecular flexibility index (Phi) is 5.97. The van der Waals surface area contributed by atoms with Gasteiger partial charge in [0, 0.05) is 5.25 Å². The number of benzene rings is 2. The first-order valence-electron chi connectivity index (χ1n) is 8.73. The van der Waals surface area contributed by atoms with Gasteiger partial charge < -0.3 is 5.11 Å². The molecule has 0 bridgehead atoms. The lowest BCUT2D eigenvalue weighted by molar-refractivity contribution is -0.142. The molecule has 0 spiro atoms. The van der Waals surface area contributed by atoms with Gasteiger partial charge in [0.2, 0.25) is 0 Å². The second kappa shape index (κ2) is 8.39. The lowest BCUT2D eigenvalue weighted by Crippen LogP contribution is -2.29. The Morgan fingerprint density at radius 3 is 2.33 bits per heavy atom. The predicted molar refractivity (Wildman–Crippen MR) is 101 cm³/mol. The normalized spacial score (nSPS) is 20.7. The molecule has 0 saturated heterocycles. The van der Waals surface area contributed by atoms with Gasteiger partial charge in [-0.1, -0.05) is 67.4 Å². The van der Waals surface area contributed by atoms with Gasteiger partial charge in [-0.3, -0.25) is 4.79 Å². The topological polar surface area (TPSA) is 37.3 Å². The Hall–Kier alpha value is -1.74. The van der Waals surface area contributed by atoms with Crippen LogP contribution >= 0.6 is 11.8 Å². The highest BCUT2D eigenvalue weighted by molar-refractivity contribution is 7.99. The molecule has 2 nitrogen and oxygen atoms in total. The number of aliphatic carboxylic acids is 1. The van der Waals surface area contributed by atoms with Gasteiger partial charge in [-0.15, -0.1) is 0 Å². The molecule has 1 N–H and O–H groups in total. The van der Waals surface area contributed by atoms with Gasteiger partial charge in [-0.2, -0.15) is 11.8 Å². The van der Waals surface area contributed by atoms with Crippen molar-refractivity contribution in [2.75, 3.05) is 5.75 Å². The minimum absolute atomic E-state index is 0.149. The van der Waals surface area contributed by atoms with Crippen LogP contribution in [-0.4, -0.2) is 22.1 Å². The number of thioether (sulfide) groups is 1. The largest absolute Gasteiger partial charge is 0.481 e. The van der Waals surface area contributed by atoms with Gasteiger partial charge in [-0.25, -0.2) is 0 Å². The van der Waals surface area contributed by atoms with E-state index in [0.29, 0.717) is 5.25 Å². The third-order valence-electron chi connectivity index (χ3n) is 4.80. The van der Waals surface area contributed by atoms with Gasteiger partial charge in [0.15, 0.2) is 0 Å². The number of aryl methyl sites for hydroxylation is 1. The third-order valence-corrected chi connectivity index (χ3v) is 6.24. The molecule has 1 aliphatic carbocycles. The van der Waals surface area contributed by atoms with E-state index in [0.717, 1.165) is 31.4 Å². The summed E-state index contributed by atoms with van der Waals surface area (Å²) >= 11 is 1.85. The molecule has 2 aromatic carbocycles. The average Bonchev–Trinajstić information content (AvgIpc) is 2.63. The first kappa shape index (κ1) is 17.1. The number of carbonyl (C=O) groups is 1. The molecular formula is C21H24O2S. The van der Waals surface area contributed by atoms with Crippen molar-refractivity contribution in [1.29, 1.82) is 0 Å². The van der Waals surface area contributed by atoms with Crippen LogP contribution in [0.4, 0.5) is 0 Å². The van der Waals surface area contributed by atoms with Gasteiger partial charge in [0.05, 0.1) is 5.92 Å². The summed E-state index contributed by atoms with van der Waals surface area (Å²) < 4.78 is 0. The molecule has 0 radical (unpaired) electrons. The first-order valence-corrected chi connectivity index (χ1v) is 9.77. The van der Waals surface area contributed by atoms with Crippen LogP contribution in [0.3, 0.4) is 0 Å². The van der Waals surface area contributed by atoms with E-state index < -0.39 is 5.97 Å². The van der Waals surface area contributed by atoms with Crippen molar-refractivity contribution in [3.8, 4) is 11.1 Å². The molecule has 3 heteroatoms. The van der Waals surface area contributed by atoms with Crippen molar-refractivity contribution in [1.82, 2.24) is 0 Å². The van der Waals surface area contributed by atoms with Crippen molar-refractivity contribution in [2.45, 2.75) is 37.4 Å². The van der Waals surface area contributed by atoms with Crippen LogP contribution in [0.1, 0.15) is 31.2 Å². The van der Waals surface area contributed by atoms with Gasteiger partial charge in [0.1, 0.15) is 0 Å². The van der Waals surface area contributed by atoms with E-state index >= 15 is 0 Å². The summed E-state index contributed by atoms with van der Waals surface area (Å²) in [6.45, 7) is 0. The zero-order chi connectivity index (χ0) is 16.8. The van der Waals surface area contributed by atoms with E-state index in [2.05, 4.69) is 48.5 Å². The fraction of sp³-hybridized carbons (Fsp3) is 0.381. The van der Waals surface area contributed by atoms with E-state index in [1.165, 1.54) is 23.1 Å². The minimum atomic E-state index is -0.612. The Morgan fingerprint density at radius 1 is 0.958 bits per heavy atom. The molecule has 0 aromatic heterocycles. The zero-order valence-electron chi connectivity index (χ0n) is 13.9. The van der Waals surface area contributed by atoms with Crippen molar-refractivity contribution in [3.05, 3.63) is 60.2 Å². The molecule has 0 amide bonds. The Balaban J connectivity index is 1.52. The van der Waals surface area contributed by atoms with E-state index in [4.69, 9.17) is 0 Å². The van der Waals surface area contributed by atoms with E-state index in [9.17, 15) is 9.90 Å². The lowest BCUT2D eigenvalue weighted by Gasteiger charge is -2.27. The fourth-order valence-corrected chi connectivity index (χ4v) is 4.88. The first-order chi connectivity index (χ1) is 11.7. The molecule has 2 aromatic rings. The van der Waals surface area contributed by atoms with Crippen molar-refractivity contribution in [3.63, 3.8) is 0 Å². The smallest absolute Gasteiger partial charge is 0.307 e. The molecule has 3 rings (SSSR count). The van der Waals surface area contributed by atoms with E-state index in [1.54, 1.807) is 0 Å². The molecule has 1 saturated carbocycles. The molecular weight excluding hydrogens is 316 g/mol. The summed E-state index contributed by atoms with van der Waals surface area (Å²) in [7, 11) is 0. The highest BCUT2D eigenvalue weighted by atomic mass is 32.2. The highest BCUT2D eigenvalue weighted by Crippen LogP contribution is 2.34. The van der Waals surface area contributed by atoms with Crippen LogP contribution in [0, 0.1) is 5.92 Å². The van der Waals surface area contributed by atoms with E-state index in [-0.39, 0.29) is 5.92 Å². The van der Waals surface area contributed by atoms with Gasteiger partial charge in [0.25, 0.3) is 0 Å². The second-order valence-corrected chi connectivity index (χ2v) is 7.80. The molecule has 1 fully saturated rings. The Labute approximate surface area is 148 Å². The number of carboxylic acid groups (broad SMARTS) is 1. The van der Waals surface area contributed by atoms with Crippen LogP contribution in [0.25, 0.3) is 11.1 Å². The molecule has 2 atom stereocenters. The monoisotopic (exact) mass is 340 g/mol. The standard InChI is InChI=1S/C21H24O2S/c22-21(23)19-8-4-5-9-20(19)24-15-14-16-10-12-18(13-11-16)17-6-2-1-3-7-17/h1-3,6-7,10-13,19-20H,4-5,8-9,14-15H2,(H,22,23)/t19-,20-/m1/s1. The highest BCUT2D eigenvalue weighted by Gasteiger charge is 2.30. The van der Waals surface area contributed by atoms with Crippen molar-refractivity contribution >= 4 is 17.7 Å². The number of carboxylic acids is 1. The SMILES string of the molecule is O=C(O)[C@@H]1CCCC[C@H]1SCCc1ccc(-c2ccccc2)cc1. The predicted octanol–water partition coefficient (Wildman–Crippen LogP) is 5.27. The summed E-state index contributed by atoms with van der Waals surface area (Å²) in [4.78, 5) is 11.4. The third kappa shape index (κ3) is 4.41. The summed E-state index contributed by atoms with van der Waals surface area (Å²) in [5, 5.41) is 9.64. The summed E-state index contributed by atoms with van der Waals surface area (Å²) in [5.74, 6) is 0.239. The molecule has 24 heavy (non-hydrogen) atoms. The summed E-state index contributed by atoms with van der Waals surface area (Å²) in [6, 6.07) is 19.1. The second-order valence-electron chi connectivity index (χ2n) is 6.45. The Morgan fingerprint density at radius 2 is 1.62 bits per heavy atom. The minimum Gasteiger partial charge on any atom is -0.481 e.